The van der Waals surface area contributed by atoms with E-state index in [1.165, 1.54) is 69.5 Å². The Morgan fingerprint density at radius 1 is 0.275 bits per heavy atom. The van der Waals surface area contributed by atoms with Crippen molar-refractivity contribution in [1.29, 1.82) is 0 Å². The minimum atomic E-state index is -2.33. The van der Waals surface area contributed by atoms with Gasteiger partial charge in [-0.15, -0.1) is 0 Å². The van der Waals surface area contributed by atoms with Crippen LogP contribution in [0, 0.1) is 0 Å². The van der Waals surface area contributed by atoms with Gasteiger partial charge in [0, 0.05) is 80.0 Å². The van der Waals surface area contributed by atoms with Crippen molar-refractivity contribution in [1.82, 2.24) is 29.1 Å². The van der Waals surface area contributed by atoms with Crippen LogP contribution in [0.25, 0.3) is 144 Å². The van der Waals surface area contributed by atoms with Crippen LogP contribution in [0.2, 0.25) is 72.0 Å². The number of benzene rings is 9. The maximum Gasteiger partial charge on any atom is 0.112 e. The second kappa shape index (κ2) is 20.8. The van der Waals surface area contributed by atoms with Gasteiger partial charge in [0.25, 0.3) is 0 Å². The molecule has 0 spiro atoms. The van der Waals surface area contributed by atoms with Gasteiger partial charge in [-0.3, -0.25) is 19.9 Å². The first-order valence-electron chi connectivity index (χ1n) is 32.0. The lowest BCUT2D eigenvalue weighted by molar-refractivity contribution is 1.18. The van der Waals surface area contributed by atoms with E-state index in [1.54, 1.807) is 0 Å². The summed E-state index contributed by atoms with van der Waals surface area (Å²) in [6.45, 7) is 27.2. The number of hydrogen-bond acceptors (Lipinski definition) is 4. The summed E-state index contributed by atoms with van der Waals surface area (Å²) < 4.78 is 5.09. The molecule has 6 aromatic heterocycles. The highest BCUT2D eigenvalue weighted by Gasteiger charge is 2.31. The molecular formula is C81H72N6Si4. The summed E-state index contributed by atoms with van der Waals surface area (Å²) in [4.78, 5) is 20.3. The van der Waals surface area contributed by atoms with Gasteiger partial charge in [-0.2, -0.15) is 0 Å². The molecule has 0 amide bonds. The van der Waals surface area contributed by atoms with Gasteiger partial charge in [0.05, 0.1) is 69.1 Å². The Labute approximate surface area is 536 Å². The average molecular weight is 1240 g/mol. The number of aromatic nitrogens is 6. The smallest absolute Gasteiger partial charge is 0.112 e. The fraction of sp³-hybridized carbons (Fsp3) is 0.136. The van der Waals surface area contributed by atoms with E-state index in [1.807, 2.05) is 43.0 Å². The standard InChI is InChI=1S/C81H72N6Si4/c1-88(2,3)59-23-29-76-66(46-59)67-47-60(89(4,5)6)24-30-77(67)86(76)57-21-28-65-70(44-57)80(55-40-51(72-18-12-15-34-82-72)38-52(41-55)73-19-13-16-35-83-73)64-27-22-58-45-71(64)81(65)56-42-53(74-20-14-17-36-84-74)39-54(43-56)75-50-63(33-37-85-75)91(10,11)62-26-32-79-69(49-62)68-48-61(90(7,8)9)25-31-78(68)87(58)79/h12-50H,1-11H3. The molecule has 10 heteroatoms. The third-order valence-corrected chi connectivity index (χ3v) is 29.2. The van der Waals surface area contributed by atoms with Crippen LogP contribution in [0.1, 0.15) is 0 Å². The highest BCUT2D eigenvalue weighted by atomic mass is 28.3. The molecule has 17 rings (SSSR count). The van der Waals surface area contributed by atoms with Crippen LogP contribution < -0.4 is 25.9 Å². The molecule has 0 N–H and O–H groups in total. The molecule has 0 unspecified atom stereocenters. The first-order chi connectivity index (χ1) is 43.7. The molecular weight excluding hydrogens is 1170 g/mol. The zero-order valence-corrected chi connectivity index (χ0v) is 57.7. The number of fused-ring (bicyclic) bond motifs is 6. The molecule has 442 valence electrons. The monoisotopic (exact) mass is 1240 g/mol. The van der Waals surface area contributed by atoms with Crippen LogP contribution in [-0.2, 0) is 0 Å². The van der Waals surface area contributed by atoms with E-state index < -0.39 is 32.3 Å². The van der Waals surface area contributed by atoms with Crippen molar-refractivity contribution >= 4 is 123 Å². The van der Waals surface area contributed by atoms with Crippen LogP contribution in [0.4, 0.5) is 0 Å². The van der Waals surface area contributed by atoms with Gasteiger partial charge in [0.15, 0.2) is 0 Å². The second-order valence-corrected chi connectivity index (χ2v) is 48.5. The number of pyridine rings is 4. The molecule has 0 saturated heterocycles. The van der Waals surface area contributed by atoms with Gasteiger partial charge in [0.2, 0.25) is 0 Å². The van der Waals surface area contributed by atoms with Crippen LogP contribution in [0.15, 0.2) is 237 Å². The van der Waals surface area contributed by atoms with Gasteiger partial charge in [-0.05, 0) is 177 Å². The van der Waals surface area contributed by atoms with Gasteiger partial charge in [0.1, 0.15) is 8.07 Å². The molecule has 2 aliphatic rings. The van der Waals surface area contributed by atoms with Crippen molar-refractivity contribution in [2.75, 3.05) is 0 Å². The first kappa shape index (κ1) is 56.8. The van der Waals surface area contributed by atoms with Crippen molar-refractivity contribution in [2.24, 2.45) is 0 Å². The number of rotatable bonds is 8. The zero-order valence-electron chi connectivity index (χ0n) is 53.7. The quantitative estimate of drug-likeness (QED) is 0.112. The molecule has 8 heterocycles. The van der Waals surface area contributed by atoms with Crippen molar-refractivity contribution < 1.29 is 0 Å². The lowest BCUT2D eigenvalue weighted by Gasteiger charge is -2.25. The van der Waals surface area contributed by atoms with Crippen molar-refractivity contribution in [2.45, 2.75) is 72.0 Å². The average Bonchev–Trinajstić information content (AvgIpc) is 1.72. The molecule has 9 aromatic carbocycles. The van der Waals surface area contributed by atoms with Crippen LogP contribution >= 0.6 is 0 Å². The molecule has 10 bridgehead atoms. The molecule has 91 heavy (non-hydrogen) atoms. The summed E-state index contributed by atoms with van der Waals surface area (Å²) >= 11 is 0. The molecule has 0 fully saturated rings. The van der Waals surface area contributed by atoms with Gasteiger partial charge >= 0.3 is 0 Å². The lowest BCUT2D eigenvalue weighted by atomic mass is 9.83. The second-order valence-electron chi connectivity index (χ2n) is 28.9. The molecule has 15 aromatic rings. The molecule has 0 saturated carbocycles. The van der Waals surface area contributed by atoms with E-state index in [0.29, 0.717) is 0 Å². The maximum absolute atomic E-state index is 5.27. The Bertz CT molecular complexity index is 5370. The maximum atomic E-state index is 5.27. The Morgan fingerprint density at radius 2 is 0.626 bits per heavy atom. The van der Waals surface area contributed by atoms with Crippen molar-refractivity contribution in [3.8, 4) is 78.7 Å². The Morgan fingerprint density at radius 3 is 1.01 bits per heavy atom. The summed E-state index contributed by atoms with van der Waals surface area (Å²) in [5, 5.41) is 16.9. The van der Waals surface area contributed by atoms with E-state index in [9.17, 15) is 0 Å². The summed E-state index contributed by atoms with van der Waals surface area (Å²) in [6, 6.07) is 81.4. The van der Waals surface area contributed by atoms with Crippen LogP contribution in [0.3, 0.4) is 0 Å². The molecule has 6 nitrogen and oxygen atoms in total. The topological polar surface area (TPSA) is 61.4 Å². The van der Waals surface area contributed by atoms with E-state index in [2.05, 4.69) is 275 Å². The summed E-state index contributed by atoms with van der Waals surface area (Å²) in [5.41, 5.74) is 19.3. The van der Waals surface area contributed by atoms with E-state index in [4.69, 9.17) is 19.9 Å². The van der Waals surface area contributed by atoms with E-state index >= 15 is 0 Å². The van der Waals surface area contributed by atoms with Crippen LogP contribution in [-0.4, -0.2) is 61.4 Å². The third kappa shape index (κ3) is 9.52. The summed E-state index contributed by atoms with van der Waals surface area (Å²) in [7, 11) is -7.45. The fourth-order valence-corrected chi connectivity index (χ4v) is 20.2. The minimum Gasteiger partial charge on any atom is -0.309 e. The van der Waals surface area contributed by atoms with Crippen LogP contribution in [0.5, 0.6) is 0 Å². The highest BCUT2D eigenvalue weighted by molar-refractivity contribution is 7.00. The largest absolute Gasteiger partial charge is 0.309 e. The van der Waals surface area contributed by atoms with E-state index in [-0.39, 0.29) is 0 Å². The fourth-order valence-electron chi connectivity index (χ4n) is 14.4. The molecule has 0 aliphatic carbocycles. The Kier molecular flexibility index (Phi) is 13.0. The third-order valence-electron chi connectivity index (χ3n) is 19.6. The lowest BCUT2D eigenvalue weighted by Crippen LogP contribution is -2.52. The molecule has 0 radical (unpaired) electrons. The van der Waals surface area contributed by atoms with Gasteiger partial charge < -0.3 is 9.13 Å². The number of hydrogen-bond donors (Lipinski definition) is 0. The minimum absolute atomic E-state index is 0.901. The first-order valence-corrected chi connectivity index (χ1v) is 45.5. The van der Waals surface area contributed by atoms with Gasteiger partial charge in [-0.25, -0.2) is 0 Å². The number of nitrogens with zero attached hydrogens (tertiary/aromatic N) is 6. The normalized spacial score (nSPS) is 13.3. The van der Waals surface area contributed by atoms with Gasteiger partial charge in [-0.1, -0.05) is 177 Å². The highest BCUT2D eigenvalue weighted by Crippen LogP contribution is 2.49. The van der Waals surface area contributed by atoms with Crippen molar-refractivity contribution in [3.63, 3.8) is 0 Å². The predicted octanol–water partition coefficient (Wildman–Crippen LogP) is 18.5. The summed E-state index contributed by atoms with van der Waals surface area (Å²) in [6.07, 6.45) is 7.74. The zero-order chi connectivity index (χ0) is 62.5. The Balaban J connectivity index is 1.10. The van der Waals surface area contributed by atoms with Crippen molar-refractivity contribution in [3.05, 3.63) is 237 Å². The summed E-state index contributed by atoms with van der Waals surface area (Å²) in [5.74, 6) is 0. The predicted molar refractivity (Wildman–Crippen MR) is 400 cm³/mol. The molecule has 0 atom stereocenters. The SMILES string of the molecule is C[Si](C)(C)c1ccc2c(c1)c1cc([Si](C)(C)C)ccc1n2-c1ccc2c3c4cc(ccc4c(-c4cc(-c5ccccn5)cc(-c5ccccn5)c4)c2c1)-n1c2ccc([Si](C)(C)C)cc2c2cc(ccc21)[Si](C)(C)c1ccnc(c1)-c1cc(-c2ccccn2)cc-3c1. The Hall–Kier alpha value is -9.43. The van der Waals surface area contributed by atoms with E-state index in [0.717, 1.165) is 100 Å². The molecule has 2 aliphatic heterocycles.